The van der Waals surface area contributed by atoms with Crippen molar-refractivity contribution in [3.05, 3.63) is 46.4 Å². The van der Waals surface area contributed by atoms with Gasteiger partial charge in [-0.05, 0) is 25.5 Å². The third-order valence-electron chi connectivity index (χ3n) is 3.61. The van der Waals surface area contributed by atoms with Crippen molar-refractivity contribution < 1.29 is 4.79 Å². The van der Waals surface area contributed by atoms with Crippen molar-refractivity contribution in [2.45, 2.75) is 56.2 Å². The molecule has 5 heteroatoms. The van der Waals surface area contributed by atoms with Gasteiger partial charge in [0.25, 0.3) is 5.91 Å². The second-order valence-electron chi connectivity index (χ2n) is 5.63. The Balaban J connectivity index is 1.94. The highest BCUT2D eigenvalue weighted by molar-refractivity contribution is 7.98. The average Bonchev–Trinajstić information content (AvgIpc) is 3.07. The number of benzene rings is 1. The van der Waals surface area contributed by atoms with Crippen molar-refractivity contribution in [1.82, 2.24) is 10.3 Å². The van der Waals surface area contributed by atoms with E-state index in [1.165, 1.54) is 12.8 Å². The quantitative estimate of drug-likeness (QED) is 0.504. The summed E-state index contributed by atoms with van der Waals surface area (Å²) in [6.07, 6.45) is 4.63. The molecule has 2 aromatic rings. The Hall–Kier alpha value is -1.33. The van der Waals surface area contributed by atoms with E-state index in [9.17, 15) is 4.79 Å². The van der Waals surface area contributed by atoms with Gasteiger partial charge in [-0.1, -0.05) is 38.3 Å². The lowest BCUT2D eigenvalue weighted by Gasteiger charge is -2.15. The minimum Gasteiger partial charge on any atom is -0.350 e. The molecular weight excluding hydrogens is 324 g/mol. The first-order chi connectivity index (χ1) is 11.2. The lowest BCUT2D eigenvalue weighted by Crippen LogP contribution is -2.32. The molecule has 0 saturated carbocycles. The van der Waals surface area contributed by atoms with Crippen LogP contribution in [0.4, 0.5) is 0 Å². The molecule has 0 aliphatic carbocycles. The Morgan fingerprint density at radius 1 is 1.35 bits per heavy atom. The van der Waals surface area contributed by atoms with E-state index >= 15 is 0 Å². The van der Waals surface area contributed by atoms with Crippen LogP contribution in [-0.4, -0.2) is 16.9 Å². The lowest BCUT2D eigenvalue weighted by molar-refractivity contribution is 0.0935. The van der Waals surface area contributed by atoms with Crippen molar-refractivity contribution in [3.8, 4) is 0 Å². The van der Waals surface area contributed by atoms with Crippen molar-refractivity contribution in [3.63, 3.8) is 0 Å². The molecule has 1 heterocycles. The second-order valence-corrected chi connectivity index (χ2v) is 7.37. The van der Waals surface area contributed by atoms with Crippen LogP contribution in [0.2, 0.25) is 0 Å². The van der Waals surface area contributed by atoms with Crippen LogP contribution in [0.3, 0.4) is 0 Å². The molecule has 0 saturated heterocycles. The number of nitrogens with one attached hydrogen (secondary N) is 1. The Morgan fingerprint density at radius 3 is 2.91 bits per heavy atom. The van der Waals surface area contributed by atoms with E-state index in [0.717, 1.165) is 34.7 Å². The molecule has 0 fully saturated rings. The molecule has 1 N–H and O–H groups in total. The molecule has 2 rings (SSSR count). The Morgan fingerprint density at radius 2 is 2.17 bits per heavy atom. The highest BCUT2D eigenvalue weighted by atomic mass is 32.2. The maximum atomic E-state index is 12.5. The standard InChI is InChI=1S/C18H24N2OS2/c1-3-4-5-8-14(2)20-18(21)16-9-6-7-10-17(16)23-12-15-11-22-13-19-15/h6-7,9-11,13-14H,3-5,8,12H2,1-2H3,(H,20,21). The molecule has 0 bridgehead atoms. The van der Waals surface area contributed by atoms with Crippen LogP contribution in [0, 0.1) is 0 Å². The minimum absolute atomic E-state index is 0.0235. The monoisotopic (exact) mass is 348 g/mol. The molecule has 0 spiro atoms. The van der Waals surface area contributed by atoms with Crippen LogP contribution in [0.15, 0.2) is 40.1 Å². The van der Waals surface area contributed by atoms with Gasteiger partial charge in [0.2, 0.25) is 0 Å². The molecule has 124 valence electrons. The molecule has 3 nitrogen and oxygen atoms in total. The highest BCUT2D eigenvalue weighted by Gasteiger charge is 2.14. The third-order valence-corrected chi connectivity index (χ3v) is 5.35. The zero-order valence-corrected chi connectivity index (χ0v) is 15.4. The largest absolute Gasteiger partial charge is 0.350 e. The van der Waals surface area contributed by atoms with Gasteiger partial charge in [-0.3, -0.25) is 4.79 Å². The summed E-state index contributed by atoms with van der Waals surface area (Å²) in [5.41, 5.74) is 3.66. The smallest absolute Gasteiger partial charge is 0.252 e. The predicted octanol–water partition coefficient (Wildman–Crippen LogP) is 5.13. The Kier molecular flexibility index (Phi) is 7.62. The van der Waals surface area contributed by atoms with Gasteiger partial charge in [0.1, 0.15) is 0 Å². The number of thiazole rings is 1. The number of hydrogen-bond acceptors (Lipinski definition) is 4. The maximum Gasteiger partial charge on any atom is 0.252 e. The lowest BCUT2D eigenvalue weighted by atomic mass is 10.1. The van der Waals surface area contributed by atoms with Gasteiger partial charge in [-0.15, -0.1) is 23.1 Å². The van der Waals surface area contributed by atoms with E-state index in [1.807, 2.05) is 35.2 Å². The van der Waals surface area contributed by atoms with Crippen LogP contribution in [-0.2, 0) is 5.75 Å². The number of amides is 1. The van der Waals surface area contributed by atoms with E-state index in [0.29, 0.717) is 0 Å². The zero-order chi connectivity index (χ0) is 16.5. The number of nitrogens with zero attached hydrogens (tertiary/aromatic N) is 1. The summed E-state index contributed by atoms with van der Waals surface area (Å²) in [7, 11) is 0. The Bertz CT molecular complexity index is 599. The summed E-state index contributed by atoms with van der Waals surface area (Å²) < 4.78 is 0. The molecular formula is C18H24N2OS2. The second kappa shape index (κ2) is 9.73. The summed E-state index contributed by atoms with van der Waals surface area (Å²) >= 11 is 3.26. The number of unbranched alkanes of at least 4 members (excludes halogenated alkanes) is 2. The van der Waals surface area contributed by atoms with E-state index in [-0.39, 0.29) is 11.9 Å². The SMILES string of the molecule is CCCCCC(C)NC(=O)c1ccccc1SCc1cscn1. The Labute approximate surface area is 146 Å². The summed E-state index contributed by atoms with van der Waals surface area (Å²) in [4.78, 5) is 17.8. The third kappa shape index (κ3) is 5.99. The molecule has 0 aliphatic rings. The first-order valence-electron chi connectivity index (χ1n) is 8.10. The predicted molar refractivity (Wildman–Crippen MR) is 99.2 cm³/mol. The number of carbonyl (C=O) groups excluding carboxylic acids is 1. The van der Waals surface area contributed by atoms with E-state index in [1.54, 1.807) is 23.1 Å². The average molecular weight is 349 g/mol. The van der Waals surface area contributed by atoms with Gasteiger partial charge in [-0.25, -0.2) is 4.98 Å². The van der Waals surface area contributed by atoms with Gasteiger partial charge in [0.15, 0.2) is 0 Å². The van der Waals surface area contributed by atoms with Gasteiger partial charge < -0.3 is 5.32 Å². The molecule has 0 radical (unpaired) electrons. The molecule has 1 unspecified atom stereocenters. The molecule has 1 atom stereocenters. The van der Waals surface area contributed by atoms with Gasteiger partial charge in [0, 0.05) is 22.1 Å². The molecule has 0 aliphatic heterocycles. The van der Waals surface area contributed by atoms with Crippen molar-refractivity contribution in [2.75, 3.05) is 0 Å². The summed E-state index contributed by atoms with van der Waals surface area (Å²) in [6, 6.07) is 8.02. The summed E-state index contributed by atoms with van der Waals surface area (Å²) in [6.45, 7) is 4.28. The number of rotatable bonds is 9. The van der Waals surface area contributed by atoms with E-state index in [4.69, 9.17) is 0 Å². The van der Waals surface area contributed by atoms with Crippen molar-refractivity contribution in [1.29, 1.82) is 0 Å². The number of thioether (sulfide) groups is 1. The highest BCUT2D eigenvalue weighted by Crippen LogP contribution is 2.26. The first-order valence-corrected chi connectivity index (χ1v) is 10.0. The van der Waals surface area contributed by atoms with Crippen LogP contribution in [0.5, 0.6) is 0 Å². The number of aromatic nitrogens is 1. The zero-order valence-electron chi connectivity index (χ0n) is 13.7. The van der Waals surface area contributed by atoms with Gasteiger partial charge in [0.05, 0.1) is 16.8 Å². The first kappa shape index (κ1) is 18.0. The van der Waals surface area contributed by atoms with Crippen LogP contribution < -0.4 is 5.32 Å². The normalized spacial score (nSPS) is 12.1. The number of hydrogen-bond donors (Lipinski definition) is 1. The fourth-order valence-electron chi connectivity index (χ4n) is 2.31. The van der Waals surface area contributed by atoms with E-state index < -0.39 is 0 Å². The summed E-state index contributed by atoms with van der Waals surface area (Å²) in [5.74, 6) is 0.815. The summed E-state index contributed by atoms with van der Waals surface area (Å²) in [5, 5.41) is 5.17. The molecule has 1 aromatic carbocycles. The maximum absolute atomic E-state index is 12.5. The van der Waals surface area contributed by atoms with E-state index in [2.05, 4.69) is 24.1 Å². The fourth-order valence-corrected chi connectivity index (χ4v) is 3.93. The van der Waals surface area contributed by atoms with Gasteiger partial charge >= 0.3 is 0 Å². The van der Waals surface area contributed by atoms with Crippen LogP contribution >= 0.6 is 23.1 Å². The van der Waals surface area contributed by atoms with Crippen molar-refractivity contribution in [2.24, 2.45) is 0 Å². The molecule has 1 aromatic heterocycles. The minimum atomic E-state index is 0.0235. The topological polar surface area (TPSA) is 42.0 Å². The van der Waals surface area contributed by atoms with Gasteiger partial charge in [-0.2, -0.15) is 0 Å². The fraction of sp³-hybridized carbons (Fsp3) is 0.444. The number of carbonyl (C=O) groups is 1. The van der Waals surface area contributed by atoms with Crippen LogP contribution in [0.25, 0.3) is 0 Å². The van der Waals surface area contributed by atoms with Crippen molar-refractivity contribution >= 4 is 29.0 Å². The van der Waals surface area contributed by atoms with Crippen LogP contribution in [0.1, 0.15) is 55.6 Å². The molecule has 23 heavy (non-hydrogen) atoms. The molecule has 1 amide bonds.